The molecule has 3 N–H and O–H groups in total. The van der Waals surface area contributed by atoms with Crippen LogP contribution in [0.1, 0.15) is 44.9 Å². The van der Waals surface area contributed by atoms with Gasteiger partial charge in [0.05, 0.1) is 6.07 Å². The summed E-state index contributed by atoms with van der Waals surface area (Å²) in [5, 5.41) is 11.9. The molecule has 0 heterocycles. The summed E-state index contributed by atoms with van der Waals surface area (Å²) in [6, 6.07) is 2.68. The predicted octanol–water partition coefficient (Wildman–Crippen LogP) is 1.31. The summed E-state index contributed by atoms with van der Waals surface area (Å²) in [6.45, 7) is 0.980. The Labute approximate surface area is 97.2 Å². The van der Waals surface area contributed by atoms with E-state index < -0.39 is 0 Å². The largest absolute Gasteiger partial charge is 0.369 e. The minimum atomic E-state index is -0.146. The summed E-state index contributed by atoms with van der Waals surface area (Å²) in [7, 11) is 0. The van der Waals surface area contributed by atoms with Crippen LogP contribution in [0.4, 0.5) is 0 Å². The summed E-state index contributed by atoms with van der Waals surface area (Å²) < 4.78 is 0. The molecule has 4 nitrogen and oxygen atoms in total. The lowest BCUT2D eigenvalue weighted by atomic mass is 9.85. The van der Waals surface area contributed by atoms with Crippen molar-refractivity contribution in [2.24, 2.45) is 11.7 Å². The van der Waals surface area contributed by atoms with E-state index in [1.807, 2.05) is 0 Å². The number of unbranched alkanes of at least 4 members (excludes halogenated alkanes) is 2. The number of carbonyl (C=O) groups is 1. The number of amides is 1. The molecule has 0 saturated heterocycles. The molecule has 0 unspecified atom stereocenters. The molecule has 0 spiro atoms. The Morgan fingerprint density at radius 1 is 1.31 bits per heavy atom. The highest BCUT2D eigenvalue weighted by atomic mass is 16.1. The lowest BCUT2D eigenvalue weighted by Gasteiger charge is -2.27. The number of nitriles is 1. The monoisotopic (exact) mass is 223 g/mol. The first kappa shape index (κ1) is 13.0. The standard InChI is InChI=1S/C12H21N3O/c13-8-2-1-3-9-15-11-6-4-10(5-7-11)12(14)16/h10-11,15H,1-7,9H2,(H2,14,16). The molecule has 1 amide bonds. The van der Waals surface area contributed by atoms with Gasteiger partial charge >= 0.3 is 0 Å². The van der Waals surface area contributed by atoms with Crippen LogP contribution in [0.25, 0.3) is 0 Å². The van der Waals surface area contributed by atoms with Crippen LogP contribution in [0, 0.1) is 17.2 Å². The van der Waals surface area contributed by atoms with Crippen molar-refractivity contribution in [3.63, 3.8) is 0 Å². The number of carbonyl (C=O) groups excluding carboxylic acids is 1. The zero-order valence-corrected chi connectivity index (χ0v) is 9.74. The smallest absolute Gasteiger partial charge is 0.220 e. The molecule has 90 valence electrons. The summed E-state index contributed by atoms with van der Waals surface area (Å²) in [5.74, 6) is -0.0518. The van der Waals surface area contributed by atoms with Crippen LogP contribution in [-0.2, 0) is 4.79 Å². The summed E-state index contributed by atoms with van der Waals surface area (Å²) in [4.78, 5) is 11.0. The van der Waals surface area contributed by atoms with Gasteiger partial charge in [-0.15, -0.1) is 0 Å². The normalized spacial score (nSPS) is 24.9. The van der Waals surface area contributed by atoms with Crippen LogP contribution in [-0.4, -0.2) is 18.5 Å². The number of hydrogen-bond donors (Lipinski definition) is 2. The molecule has 0 aromatic heterocycles. The topological polar surface area (TPSA) is 78.9 Å². The first-order valence-electron chi connectivity index (χ1n) is 6.13. The van der Waals surface area contributed by atoms with Crippen molar-refractivity contribution in [1.29, 1.82) is 5.26 Å². The molecular formula is C12H21N3O. The van der Waals surface area contributed by atoms with Crippen LogP contribution < -0.4 is 11.1 Å². The Balaban J connectivity index is 2.04. The Bertz CT molecular complexity index is 251. The van der Waals surface area contributed by atoms with Crippen LogP contribution >= 0.6 is 0 Å². The van der Waals surface area contributed by atoms with Gasteiger partial charge in [0.25, 0.3) is 0 Å². The third kappa shape index (κ3) is 4.63. The average molecular weight is 223 g/mol. The van der Waals surface area contributed by atoms with Crippen LogP contribution in [0.5, 0.6) is 0 Å². The lowest BCUT2D eigenvalue weighted by molar-refractivity contribution is -0.122. The van der Waals surface area contributed by atoms with E-state index >= 15 is 0 Å². The second-order valence-corrected chi connectivity index (χ2v) is 4.52. The van der Waals surface area contributed by atoms with Crippen molar-refractivity contribution in [1.82, 2.24) is 5.32 Å². The van der Waals surface area contributed by atoms with Gasteiger partial charge in [0.15, 0.2) is 0 Å². The van der Waals surface area contributed by atoms with Gasteiger partial charge in [-0.1, -0.05) is 0 Å². The van der Waals surface area contributed by atoms with Gasteiger partial charge in [-0.25, -0.2) is 0 Å². The first-order valence-corrected chi connectivity index (χ1v) is 6.13. The highest BCUT2D eigenvalue weighted by Crippen LogP contribution is 2.23. The third-order valence-electron chi connectivity index (χ3n) is 3.28. The van der Waals surface area contributed by atoms with E-state index in [1.165, 1.54) is 0 Å². The van der Waals surface area contributed by atoms with Gasteiger partial charge in [-0.3, -0.25) is 4.79 Å². The third-order valence-corrected chi connectivity index (χ3v) is 3.28. The molecule has 0 aromatic rings. The van der Waals surface area contributed by atoms with Gasteiger partial charge < -0.3 is 11.1 Å². The average Bonchev–Trinajstić information content (AvgIpc) is 2.29. The molecule has 1 saturated carbocycles. The molecule has 1 aliphatic rings. The first-order chi connectivity index (χ1) is 7.74. The number of rotatable bonds is 6. The van der Waals surface area contributed by atoms with Gasteiger partial charge in [0, 0.05) is 18.4 Å². The Morgan fingerprint density at radius 3 is 2.56 bits per heavy atom. The quantitative estimate of drug-likeness (QED) is 0.666. The maximum absolute atomic E-state index is 11.0. The number of nitrogens with one attached hydrogen (secondary N) is 1. The fourth-order valence-corrected chi connectivity index (χ4v) is 2.22. The van der Waals surface area contributed by atoms with E-state index in [2.05, 4.69) is 11.4 Å². The van der Waals surface area contributed by atoms with E-state index in [-0.39, 0.29) is 11.8 Å². The lowest BCUT2D eigenvalue weighted by Crippen LogP contribution is -2.37. The maximum atomic E-state index is 11.0. The predicted molar refractivity (Wildman–Crippen MR) is 62.4 cm³/mol. The second-order valence-electron chi connectivity index (χ2n) is 4.52. The van der Waals surface area contributed by atoms with Crippen LogP contribution in [0.3, 0.4) is 0 Å². The van der Waals surface area contributed by atoms with Crippen molar-refractivity contribution in [3.05, 3.63) is 0 Å². The number of primary amides is 1. The Morgan fingerprint density at radius 2 is 2.00 bits per heavy atom. The molecule has 1 aliphatic carbocycles. The van der Waals surface area contributed by atoms with Gasteiger partial charge in [0.2, 0.25) is 5.91 Å². The van der Waals surface area contributed by atoms with Crippen molar-refractivity contribution < 1.29 is 4.79 Å². The van der Waals surface area contributed by atoms with E-state index in [1.54, 1.807) is 0 Å². The fraction of sp³-hybridized carbons (Fsp3) is 0.833. The van der Waals surface area contributed by atoms with E-state index in [0.29, 0.717) is 12.5 Å². The fourth-order valence-electron chi connectivity index (χ4n) is 2.22. The molecule has 0 radical (unpaired) electrons. The molecule has 1 fully saturated rings. The van der Waals surface area contributed by atoms with Crippen molar-refractivity contribution >= 4 is 5.91 Å². The van der Waals surface area contributed by atoms with Gasteiger partial charge in [0.1, 0.15) is 0 Å². The van der Waals surface area contributed by atoms with Gasteiger partial charge in [-0.2, -0.15) is 5.26 Å². The minimum Gasteiger partial charge on any atom is -0.369 e. The van der Waals surface area contributed by atoms with Crippen molar-refractivity contribution in [2.45, 2.75) is 51.0 Å². The molecule has 4 heteroatoms. The SMILES string of the molecule is N#CCCCCNC1CCC(C(N)=O)CC1. The molecule has 1 rings (SSSR count). The number of nitrogens with two attached hydrogens (primary N) is 1. The summed E-state index contributed by atoms with van der Waals surface area (Å²) >= 11 is 0. The summed E-state index contributed by atoms with van der Waals surface area (Å²) in [5.41, 5.74) is 5.28. The number of hydrogen-bond acceptors (Lipinski definition) is 3. The molecule has 16 heavy (non-hydrogen) atoms. The van der Waals surface area contributed by atoms with Crippen molar-refractivity contribution in [3.8, 4) is 6.07 Å². The van der Waals surface area contributed by atoms with Crippen LogP contribution in [0.2, 0.25) is 0 Å². The van der Waals surface area contributed by atoms with E-state index in [9.17, 15) is 4.79 Å². The highest BCUT2D eigenvalue weighted by Gasteiger charge is 2.23. The molecule has 0 bridgehead atoms. The zero-order chi connectivity index (χ0) is 11.8. The molecule has 0 aliphatic heterocycles. The Kier molecular flexibility index (Phi) is 5.87. The van der Waals surface area contributed by atoms with Crippen molar-refractivity contribution in [2.75, 3.05) is 6.54 Å². The van der Waals surface area contributed by atoms with Crippen LogP contribution in [0.15, 0.2) is 0 Å². The maximum Gasteiger partial charge on any atom is 0.220 e. The number of nitrogens with zero attached hydrogens (tertiary/aromatic N) is 1. The second kappa shape index (κ2) is 7.24. The van der Waals surface area contributed by atoms with E-state index in [4.69, 9.17) is 11.0 Å². The van der Waals surface area contributed by atoms with E-state index in [0.717, 1.165) is 45.1 Å². The highest BCUT2D eigenvalue weighted by molar-refractivity contribution is 5.76. The Hall–Kier alpha value is -1.08. The summed E-state index contributed by atoms with van der Waals surface area (Å²) in [6.07, 6.45) is 6.62. The molecule has 0 aromatic carbocycles. The zero-order valence-electron chi connectivity index (χ0n) is 9.74. The molecular weight excluding hydrogens is 202 g/mol. The van der Waals surface area contributed by atoms with Gasteiger partial charge in [-0.05, 0) is 45.1 Å². The minimum absolute atomic E-state index is 0.0941. The molecule has 0 atom stereocenters.